The van der Waals surface area contributed by atoms with Crippen LogP contribution in [0, 0.1) is 5.92 Å². The Balaban J connectivity index is 2.50. The second kappa shape index (κ2) is 6.00. The number of aliphatic carboxylic acids is 1. The molecule has 5 nitrogen and oxygen atoms in total. The molecule has 1 saturated heterocycles. The van der Waals surface area contributed by atoms with Crippen molar-refractivity contribution in [3.8, 4) is 0 Å². The number of piperidine rings is 1. The maximum absolute atomic E-state index is 11.5. The number of carboxylic acid groups (broad SMARTS) is 1. The molecule has 1 aliphatic heterocycles. The molecule has 2 atom stereocenters. The van der Waals surface area contributed by atoms with Crippen LogP contribution in [0.2, 0.25) is 0 Å². The molecule has 1 rings (SSSR count). The Labute approximate surface area is 102 Å². The van der Waals surface area contributed by atoms with Gasteiger partial charge in [0.05, 0.1) is 0 Å². The molecule has 1 fully saturated rings. The Morgan fingerprint density at radius 3 is 2.59 bits per heavy atom. The number of nitrogens with zero attached hydrogens (tertiary/aromatic N) is 2. The van der Waals surface area contributed by atoms with Gasteiger partial charge in [-0.3, -0.25) is 14.5 Å². The van der Waals surface area contributed by atoms with Crippen LogP contribution in [0.15, 0.2) is 0 Å². The second-order valence-corrected chi connectivity index (χ2v) is 5.06. The van der Waals surface area contributed by atoms with Crippen LogP contribution < -0.4 is 0 Å². The number of likely N-dealkylation sites (tertiary alicyclic amines) is 1. The summed E-state index contributed by atoms with van der Waals surface area (Å²) in [4.78, 5) is 26.1. The van der Waals surface area contributed by atoms with E-state index in [2.05, 4.69) is 6.92 Å². The number of hydrogen-bond acceptors (Lipinski definition) is 3. The maximum atomic E-state index is 11.5. The Morgan fingerprint density at radius 2 is 2.06 bits per heavy atom. The minimum Gasteiger partial charge on any atom is -0.480 e. The Hall–Kier alpha value is -1.10. The minimum absolute atomic E-state index is 0.0489. The summed E-state index contributed by atoms with van der Waals surface area (Å²) in [6.07, 6.45) is 2.09. The van der Waals surface area contributed by atoms with Crippen molar-refractivity contribution in [2.75, 3.05) is 27.2 Å². The lowest BCUT2D eigenvalue weighted by atomic mass is 9.92. The van der Waals surface area contributed by atoms with Gasteiger partial charge in [0.2, 0.25) is 5.91 Å². The number of amides is 1. The monoisotopic (exact) mass is 242 g/mol. The Kier molecular flexibility index (Phi) is 4.93. The zero-order valence-corrected chi connectivity index (χ0v) is 10.8. The van der Waals surface area contributed by atoms with Crippen LogP contribution >= 0.6 is 0 Å². The van der Waals surface area contributed by atoms with E-state index in [1.54, 1.807) is 19.0 Å². The zero-order chi connectivity index (χ0) is 13.0. The average molecular weight is 242 g/mol. The van der Waals surface area contributed by atoms with Crippen LogP contribution in [0.4, 0.5) is 0 Å². The van der Waals surface area contributed by atoms with Crippen molar-refractivity contribution < 1.29 is 14.7 Å². The number of hydrogen-bond donors (Lipinski definition) is 1. The van der Waals surface area contributed by atoms with Gasteiger partial charge in [-0.15, -0.1) is 0 Å². The molecular weight excluding hydrogens is 220 g/mol. The van der Waals surface area contributed by atoms with Gasteiger partial charge in [-0.2, -0.15) is 0 Å². The smallest absolute Gasteiger partial charge is 0.320 e. The Bertz CT molecular complexity index is 291. The molecular formula is C12H22N2O3. The summed E-state index contributed by atoms with van der Waals surface area (Å²) in [6.45, 7) is 3.40. The van der Waals surface area contributed by atoms with E-state index >= 15 is 0 Å². The van der Waals surface area contributed by atoms with Crippen molar-refractivity contribution in [3.63, 3.8) is 0 Å². The summed E-state index contributed by atoms with van der Waals surface area (Å²) in [7, 11) is 3.44. The molecule has 17 heavy (non-hydrogen) atoms. The highest BCUT2D eigenvalue weighted by atomic mass is 16.4. The topological polar surface area (TPSA) is 60.9 Å². The van der Waals surface area contributed by atoms with Crippen molar-refractivity contribution in [2.45, 2.75) is 32.2 Å². The molecule has 1 aliphatic rings. The van der Waals surface area contributed by atoms with E-state index < -0.39 is 12.0 Å². The lowest BCUT2D eigenvalue weighted by Crippen LogP contribution is -2.47. The first-order valence-electron chi connectivity index (χ1n) is 6.08. The van der Waals surface area contributed by atoms with E-state index in [9.17, 15) is 9.59 Å². The molecule has 0 radical (unpaired) electrons. The van der Waals surface area contributed by atoms with Gasteiger partial charge >= 0.3 is 5.97 Å². The quantitative estimate of drug-likeness (QED) is 0.786. The summed E-state index contributed by atoms with van der Waals surface area (Å²) in [5.41, 5.74) is 0. The van der Waals surface area contributed by atoms with Gasteiger partial charge in [0.1, 0.15) is 6.04 Å². The van der Waals surface area contributed by atoms with E-state index in [1.807, 2.05) is 4.90 Å². The van der Waals surface area contributed by atoms with E-state index in [0.717, 1.165) is 13.0 Å². The summed E-state index contributed by atoms with van der Waals surface area (Å²) < 4.78 is 0. The molecule has 0 spiro atoms. The van der Waals surface area contributed by atoms with Crippen LogP contribution in [0.25, 0.3) is 0 Å². The van der Waals surface area contributed by atoms with Crippen molar-refractivity contribution >= 4 is 11.9 Å². The number of carbonyl (C=O) groups is 2. The van der Waals surface area contributed by atoms with Crippen molar-refractivity contribution in [1.82, 2.24) is 9.80 Å². The molecule has 0 saturated carbocycles. The third-order valence-electron chi connectivity index (χ3n) is 3.37. The molecule has 5 heteroatoms. The van der Waals surface area contributed by atoms with Gasteiger partial charge in [0.15, 0.2) is 0 Å². The van der Waals surface area contributed by atoms with Crippen LogP contribution in [-0.2, 0) is 9.59 Å². The minimum atomic E-state index is -0.770. The fourth-order valence-electron chi connectivity index (χ4n) is 2.18. The molecule has 1 N–H and O–H groups in total. The first kappa shape index (κ1) is 14.0. The van der Waals surface area contributed by atoms with Crippen molar-refractivity contribution in [1.29, 1.82) is 0 Å². The van der Waals surface area contributed by atoms with Crippen LogP contribution in [0.5, 0.6) is 0 Å². The highest BCUT2D eigenvalue weighted by Gasteiger charge is 2.31. The summed E-state index contributed by atoms with van der Waals surface area (Å²) in [5.74, 6) is -0.265. The first-order chi connectivity index (χ1) is 7.91. The van der Waals surface area contributed by atoms with E-state index in [0.29, 0.717) is 25.3 Å². The standard InChI is InChI=1S/C12H22N2O3/c1-9-4-6-14(10(8-9)12(16)17)7-5-11(15)13(2)3/h9-10H,4-8H2,1-3H3,(H,16,17). The average Bonchev–Trinajstić information content (AvgIpc) is 2.26. The SMILES string of the molecule is CC1CCN(CCC(=O)N(C)C)C(C(=O)O)C1. The molecule has 0 aromatic rings. The van der Waals surface area contributed by atoms with Gasteiger partial charge in [0.25, 0.3) is 0 Å². The summed E-state index contributed by atoms with van der Waals surface area (Å²) in [5, 5.41) is 9.16. The largest absolute Gasteiger partial charge is 0.480 e. The predicted molar refractivity (Wildman–Crippen MR) is 64.7 cm³/mol. The molecule has 1 heterocycles. The molecule has 1 amide bonds. The van der Waals surface area contributed by atoms with Crippen molar-refractivity contribution in [3.05, 3.63) is 0 Å². The fraction of sp³-hybridized carbons (Fsp3) is 0.833. The van der Waals surface area contributed by atoms with E-state index in [-0.39, 0.29) is 5.91 Å². The van der Waals surface area contributed by atoms with E-state index in [1.165, 1.54) is 0 Å². The first-order valence-corrected chi connectivity index (χ1v) is 6.08. The zero-order valence-electron chi connectivity index (χ0n) is 10.8. The van der Waals surface area contributed by atoms with Gasteiger partial charge in [-0.1, -0.05) is 6.92 Å². The van der Waals surface area contributed by atoms with Crippen LogP contribution in [-0.4, -0.2) is 60.0 Å². The predicted octanol–water partition coefficient (Wildman–Crippen LogP) is 0.650. The molecule has 0 aromatic carbocycles. The molecule has 0 bridgehead atoms. The van der Waals surface area contributed by atoms with E-state index in [4.69, 9.17) is 5.11 Å². The Morgan fingerprint density at radius 1 is 1.41 bits per heavy atom. The molecule has 2 unspecified atom stereocenters. The van der Waals surface area contributed by atoms with Gasteiger partial charge in [0, 0.05) is 27.1 Å². The lowest BCUT2D eigenvalue weighted by molar-refractivity contribution is -0.146. The number of rotatable bonds is 4. The van der Waals surface area contributed by atoms with Gasteiger partial charge < -0.3 is 10.0 Å². The second-order valence-electron chi connectivity index (χ2n) is 5.06. The van der Waals surface area contributed by atoms with Gasteiger partial charge in [-0.25, -0.2) is 0 Å². The molecule has 98 valence electrons. The fourth-order valence-corrected chi connectivity index (χ4v) is 2.18. The number of carboxylic acids is 1. The van der Waals surface area contributed by atoms with Gasteiger partial charge in [-0.05, 0) is 25.3 Å². The molecule has 0 aromatic heterocycles. The van der Waals surface area contributed by atoms with Crippen molar-refractivity contribution in [2.24, 2.45) is 5.92 Å². The lowest BCUT2D eigenvalue weighted by Gasteiger charge is -2.35. The maximum Gasteiger partial charge on any atom is 0.320 e. The van der Waals surface area contributed by atoms with Crippen LogP contribution in [0.1, 0.15) is 26.2 Å². The number of carbonyl (C=O) groups excluding carboxylic acids is 1. The van der Waals surface area contributed by atoms with Crippen LogP contribution in [0.3, 0.4) is 0 Å². The highest BCUT2D eigenvalue weighted by molar-refractivity contribution is 5.76. The summed E-state index contributed by atoms with van der Waals surface area (Å²) in [6, 6.07) is -0.422. The summed E-state index contributed by atoms with van der Waals surface area (Å²) >= 11 is 0. The molecule has 0 aliphatic carbocycles. The third-order valence-corrected chi connectivity index (χ3v) is 3.37. The third kappa shape index (κ3) is 4.00. The highest BCUT2D eigenvalue weighted by Crippen LogP contribution is 2.22. The normalized spacial score (nSPS) is 25.6.